The summed E-state index contributed by atoms with van der Waals surface area (Å²) >= 11 is 0. The Labute approximate surface area is 124 Å². The number of carboxylic acid groups (broad SMARTS) is 1. The van der Waals surface area contributed by atoms with Crippen LogP contribution in [0.15, 0.2) is 0 Å². The molecule has 0 atom stereocenters. The Morgan fingerprint density at radius 1 is 1.19 bits per heavy atom. The molecule has 120 valence electrons. The lowest BCUT2D eigenvalue weighted by Gasteiger charge is -2.36. The number of hydrogen-bond acceptors (Lipinski definition) is 4. The normalized spacial score (nSPS) is 20.3. The Morgan fingerprint density at radius 2 is 1.76 bits per heavy atom. The molecule has 2 amide bonds. The summed E-state index contributed by atoms with van der Waals surface area (Å²) in [7, 11) is -3.22. The molecule has 0 aromatic heterocycles. The van der Waals surface area contributed by atoms with Crippen LogP contribution in [-0.2, 0) is 14.8 Å². The van der Waals surface area contributed by atoms with Crippen molar-refractivity contribution in [1.82, 2.24) is 14.1 Å². The van der Waals surface area contributed by atoms with E-state index in [1.807, 2.05) is 0 Å². The number of rotatable bonds is 5. The standard InChI is InChI=1S/C12H21N3O5S/c1-21(19,20)14-8-6-13(7-9-14)12(18)15(10-2-3-10)5-4-11(16)17/h10H,2-9H2,1H3,(H,16,17). The Hall–Kier alpha value is -1.35. The molecule has 0 aromatic rings. The van der Waals surface area contributed by atoms with Gasteiger partial charge in [-0.15, -0.1) is 0 Å². The quantitative estimate of drug-likeness (QED) is 0.745. The minimum absolute atomic E-state index is 0.0639. The number of hydrogen-bond donors (Lipinski definition) is 1. The number of nitrogens with zero attached hydrogens (tertiary/aromatic N) is 3. The molecule has 0 unspecified atom stereocenters. The smallest absolute Gasteiger partial charge is 0.320 e. The maximum Gasteiger partial charge on any atom is 0.320 e. The summed E-state index contributed by atoms with van der Waals surface area (Å²) in [5.74, 6) is -0.921. The van der Waals surface area contributed by atoms with E-state index in [4.69, 9.17) is 5.11 Å². The Morgan fingerprint density at radius 3 is 2.19 bits per heavy atom. The SMILES string of the molecule is CS(=O)(=O)N1CCN(C(=O)N(CCC(=O)O)C2CC2)CC1. The van der Waals surface area contributed by atoms with Crippen LogP contribution < -0.4 is 0 Å². The minimum Gasteiger partial charge on any atom is -0.481 e. The molecule has 0 spiro atoms. The molecule has 9 heteroatoms. The maximum absolute atomic E-state index is 12.4. The maximum atomic E-state index is 12.4. The van der Waals surface area contributed by atoms with Crippen LogP contribution in [0.4, 0.5) is 4.79 Å². The summed E-state index contributed by atoms with van der Waals surface area (Å²) in [6, 6.07) is -0.0308. The first-order chi connectivity index (χ1) is 9.79. The molecule has 1 saturated carbocycles. The Bertz CT molecular complexity index is 509. The predicted octanol–water partition coefficient (Wildman–Crippen LogP) is -0.377. The van der Waals surface area contributed by atoms with Gasteiger partial charge in [0.1, 0.15) is 0 Å². The zero-order chi connectivity index (χ0) is 15.6. The monoisotopic (exact) mass is 319 g/mol. The average molecular weight is 319 g/mol. The molecule has 1 aliphatic heterocycles. The highest BCUT2D eigenvalue weighted by molar-refractivity contribution is 7.88. The van der Waals surface area contributed by atoms with Crippen molar-refractivity contribution >= 4 is 22.0 Å². The van der Waals surface area contributed by atoms with Crippen LogP contribution in [-0.4, -0.2) is 84.7 Å². The van der Waals surface area contributed by atoms with E-state index in [0.29, 0.717) is 26.2 Å². The van der Waals surface area contributed by atoms with E-state index < -0.39 is 16.0 Å². The summed E-state index contributed by atoms with van der Waals surface area (Å²) in [4.78, 5) is 26.3. The lowest BCUT2D eigenvalue weighted by Crippen LogP contribution is -2.54. The van der Waals surface area contributed by atoms with Gasteiger partial charge in [-0.2, -0.15) is 4.31 Å². The molecular formula is C12H21N3O5S. The first-order valence-electron chi connectivity index (χ1n) is 7.01. The number of carboxylic acids is 1. The van der Waals surface area contributed by atoms with E-state index >= 15 is 0 Å². The number of carbonyl (C=O) groups excluding carboxylic acids is 1. The van der Waals surface area contributed by atoms with Gasteiger partial charge in [0.25, 0.3) is 0 Å². The molecule has 21 heavy (non-hydrogen) atoms. The fourth-order valence-corrected chi connectivity index (χ4v) is 3.26. The Kier molecular flexibility index (Phi) is 4.72. The number of piperazine rings is 1. The predicted molar refractivity (Wildman–Crippen MR) is 75.4 cm³/mol. The van der Waals surface area contributed by atoms with Gasteiger partial charge in [0, 0.05) is 38.8 Å². The van der Waals surface area contributed by atoms with Crippen LogP contribution in [0.2, 0.25) is 0 Å². The molecule has 1 heterocycles. The molecule has 1 aliphatic carbocycles. The van der Waals surface area contributed by atoms with Gasteiger partial charge in [0.2, 0.25) is 10.0 Å². The van der Waals surface area contributed by atoms with Crippen molar-refractivity contribution in [3.05, 3.63) is 0 Å². The van der Waals surface area contributed by atoms with Crippen molar-refractivity contribution in [3.8, 4) is 0 Å². The fourth-order valence-electron chi connectivity index (χ4n) is 2.43. The van der Waals surface area contributed by atoms with E-state index in [0.717, 1.165) is 19.1 Å². The zero-order valence-corrected chi connectivity index (χ0v) is 12.9. The molecule has 1 saturated heterocycles. The van der Waals surface area contributed by atoms with Gasteiger partial charge in [-0.25, -0.2) is 13.2 Å². The summed E-state index contributed by atoms with van der Waals surface area (Å²) in [5, 5.41) is 8.76. The van der Waals surface area contributed by atoms with Crippen LogP contribution >= 0.6 is 0 Å². The van der Waals surface area contributed by atoms with E-state index in [9.17, 15) is 18.0 Å². The minimum atomic E-state index is -3.22. The van der Waals surface area contributed by atoms with Crippen molar-refractivity contribution in [2.45, 2.75) is 25.3 Å². The highest BCUT2D eigenvalue weighted by Crippen LogP contribution is 2.28. The average Bonchev–Trinajstić information content (AvgIpc) is 3.22. The van der Waals surface area contributed by atoms with Gasteiger partial charge in [-0.05, 0) is 12.8 Å². The van der Waals surface area contributed by atoms with Crippen molar-refractivity contribution in [1.29, 1.82) is 0 Å². The van der Waals surface area contributed by atoms with Gasteiger partial charge in [-0.3, -0.25) is 4.79 Å². The molecule has 1 N–H and O–H groups in total. The van der Waals surface area contributed by atoms with Crippen LogP contribution in [0, 0.1) is 0 Å². The Balaban J connectivity index is 1.91. The van der Waals surface area contributed by atoms with Crippen LogP contribution in [0.25, 0.3) is 0 Å². The van der Waals surface area contributed by atoms with E-state index in [-0.39, 0.29) is 25.0 Å². The third-order valence-corrected chi connectivity index (χ3v) is 5.08. The number of carbonyl (C=O) groups is 2. The molecule has 0 radical (unpaired) electrons. The van der Waals surface area contributed by atoms with Crippen molar-refractivity contribution in [3.63, 3.8) is 0 Å². The third-order valence-electron chi connectivity index (χ3n) is 3.78. The topological polar surface area (TPSA) is 98.2 Å². The zero-order valence-electron chi connectivity index (χ0n) is 12.1. The molecule has 2 rings (SSSR count). The highest BCUT2D eigenvalue weighted by Gasteiger charge is 2.36. The summed E-state index contributed by atoms with van der Waals surface area (Å²) < 4.78 is 24.2. The first-order valence-corrected chi connectivity index (χ1v) is 8.86. The third kappa shape index (κ3) is 4.31. The summed E-state index contributed by atoms with van der Waals surface area (Å²) in [6.45, 7) is 1.50. The second kappa shape index (κ2) is 6.18. The number of urea groups is 1. The van der Waals surface area contributed by atoms with Crippen molar-refractivity contribution < 1.29 is 23.1 Å². The summed E-state index contributed by atoms with van der Waals surface area (Å²) in [6.07, 6.45) is 2.92. The van der Waals surface area contributed by atoms with Crippen LogP contribution in [0.5, 0.6) is 0 Å². The fraction of sp³-hybridized carbons (Fsp3) is 0.833. The molecule has 0 bridgehead atoms. The van der Waals surface area contributed by atoms with Gasteiger partial charge >= 0.3 is 12.0 Å². The second-order valence-corrected chi connectivity index (χ2v) is 7.48. The molecule has 2 fully saturated rings. The number of aliphatic carboxylic acids is 1. The largest absolute Gasteiger partial charge is 0.481 e. The van der Waals surface area contributed by atoms with Crippen LogP contribution in [0.1, 0.15) is 19.3 Å². The first kappa shape index (κ1) is 16.0. The van der Waals surface area contributed by atoms with Crippen LogP contribution in [0.3, 0.4) is 0 Å². The molecule has 2 aliphatic rings. The molecule has 8 nitrogen and oxygen atoms in total. The lowest BCUT2D eigenvalue weighted by molar-refractivity contribution is -0.137. The van der Waals surface area contributed by atoms with Crippen molar-refractivity contribution in [2.24, 2.45) is 0 Å². The van der Waals surface area contributed by atoms with E-state index in [1.165, 1.54) is 4.31 Å². The van der Waals surface area contributed by atoms with E-state index in [2.05, 4.69) is 0 Å². The van der Waals surface area contributed by atoms with Gasteiger partial charge in [-0.1, -0.05) is 0 Å². The van der Waals surface area contributed by atoms with Gasteiger partial charge < -0.3 is 14.9 Å². The highest BCUT2D eigenvalue weighted by atomic mass is 32.2. The molecular weight excluding hydrogens is 298 g/mol. The lowest BCUT2D eigenvalue weighted by atomic mass is 10.3. The molecule has 0 aromatic carbocycles. The van der Waals surface area contributed by atoms with Gasteiger partial charge in [0.15, 0.2) is 0 Å². The van der Waals surface area contributed by atoms with Gasteiger partial charge in [0.05, 0.1) is 12.7 Å². The summed E-state index contributed by atoms with van der Waals surface area (Å²) in [5.41, 5.74) is 0. The number of sulfonamides is 1. The second-order valence-electron chi connectivity index (χ2n) is 5.50. The number of amides is 2. The van der Waals surface area contributed by atoms with Crippen molar-refractivity contribution in [2.75, 3.05) is 39.0 Å². The van der Waals surface area contributed by atoms with E-state index in [1.54, 1.807) is 9.80 Å².